The lowest BCUT2D eigenvalue weighted by molar-refractivity contribution is 0.355. The predicted molar refractivity (Wildman–Crippen MR) is 89.2 cm³/mol. The summed E-state index contributed by atoms with van der Waals surface area (Å²) in [5.41, 5.74) is 3.34. The van der Waals surface area contributed by atoms with Crippen LogP contribution in [0.4, 0.5) is 0 Å². The van der Waals surface area contributed by atoms with Gasteiger partial charge in [-0.05, 0) is 36.3 Å². The number of aryl methyl sites for hydroxylation is 1. The third-order valence-corrected chi connectivity index (χ3v) is 3.53. The van der Waals surface area contributed by atoms with Crippen molar-refractivity contribution in [3.63, 3.8) is 0 Å². The molecule has 0 aliphatic heterocycles. The summed E-state index contributed by atoms with van der Waals surface area (Å²) >= 11 is 6.19. The Labute approximate surface area is 135 Å². The van der Waals surface area contributed by atoms with Crippen LogP contribution in [0.5, 0.6) is 11.5 Å². The van der Waals surface area contributed by atoms with Gasteiger partial charge in [0, 0.05) is 0 Å². The zero-order valence-electron chi connectivity index (χ0n) is 12.7. The summed E-state index contributed by atoms with van der Waals surface area (Å²) in [6.45, 7) is 2.01. The van der Waals surface area contributed by atoms with Crippen LogP contribution < -0.4 is 9.47 Å². The van der Waals surface area contributed by atoms with Crippen LogP contribution in [0, 0.1) is 18.3 Å². The molecule has 0 spiro atoms. The molecule has 0 bridgehead atoms. The van der Waals surface area contributed by atoms with E-state index < -0.39 is 0 Å². The first-order chi connectivity index (χ1) is 10.6. The van der Waals surface area contributed by atoms with Crippen molar-refractivity contribution in [2.45, 2.75) is 6.92 Å². The third-order valence-electron chi connectivity index (χ3n) is 3.25. The van der Waals surface area contributed by atoms with E-state index in [4.69, 9.17) is 21.1 Å². The fourth-order valence-electron chi connectivity index (χ4n) is 2.10. The van der Waals surface area contributed by atoms with E-state index in [-0.39, 0.29) is 0 Å². The van der Waals surface area contributed by atoms with Crippen molar-refractivity contribution >= 4 is 23.3 Å². The number of benzene rings is 2. The van der Waals surface area contributed by atoms with E-state index in [1.165, 1.54) is 7.11 Å². The highest BCUT2D eigenvalue weighted by molar-refractivity contribution is 6.32. The highest BCUT2D eigenvalue weighted by atomic mass is 35.5. The van der Waals surface area contributed by atoms with E-state index >= 15 is 0 Å². The molecule has 0 aromatic heterocycles. The molecule has 2 aromatic rings. The molecular formula is C18H16ClNO2. The molecule has 4 heteroatoms. The second kappa shape index (κ2) is 7.02. The summed E-state index contributed by atoms with van der Waals surface area (Å²) in [4.78, 5) is 0. The second-order valence-corrected chi connectivity index (χ2v) is 5.18. The molecule has 2 aromatic carbocycles. The van der Waals surface area contributed by atoms with Gasteiger partial charge < -0.3 is 9.47 Å². The van der Waals surface area contributed by atoms with Crippen molar-refractivity contribution in [3.05, 3.63) is 58.1 Å². The van der Waals surface area contributed by atoms with Gasteiger partial charge in [0.2, 0.25) is 0 Å². The highest BCUT2D eigenvalue weighted by Crippen LogP contribution is 2.37. The first kappa shape index (κ1) is 15.9. The molecule has 112 valence electrons. The lowest BCUT2D eigenvalue weighted by Crippen LogP contribution is -1.92. The Morgan fingerprint density at radius 3 is 2.36 bits per heavy atom. The van der Waals surface area contributed by atoms with Crippen LogP contribution in [0.15, 0.2) is 36.4 Å². The number of halogens is 1. The number of hydrogen-bond donors (Lipinski definition) is 0. The van der Waals surface area contributed by atoms with E-state index in [9.17, 15) is 5.26 Å². The molecule has 0 amide bonds. The number of methoxy groups -OCH3 is 2. The molecule has 2 rings (SSSR count). The summed E-state index contributed by atoms with van der Waals surface area (Å²) in [6, 6.07) is 13.5. The Kier molecular flexibility index (Phi) is 5.08. The lowest BCUT2D eigenvalue weighted by atomic mass is 10.0. The van der Waals surface area contributed by atoms with Gasteiger partial charge in [0.15, 0.2) is 11.5 Å². The summed E-state index contributed by atoms with van der Waals surface area (Å²) < 4.78 is 10.5. The van der Waals surface area contributed by atoms with Crippen LogP contribution in [-0.2, 0) is 0 Å². The minimum atomic E-state index is 0.439. The molecule has 0 saturated heterocycles. The molecule has 0 aliphatic carbocycles. The summed E-state index contributed by atoms with van der Waals surface area (Å²) in [5.74, 6) is 1.01. The normalized spacial score (nSPS) is 11.0. The van der Waals surface area contributed by atoms with Crippen LogP contribution in [0.3, 0.4) is 0 Å². The number of rotatable bonds is 4. The predicted octanol–water partition coefficient (Wildman–Crippen LogP) is 4.73. The molecule has 0 aliphatic rings. The Balaban J connectivity index is 2.48. The first-order valence-corrected chi connectivity index (χ1v) is 7.07. The fourth-order valence-corrected chi connectivity index (χ4v) is 2.40. The number of nitriles is 1. The van der Waals surface area contributed by atoms with E-state index in [1.54, 1.807) is 25.3 Å². The van der Waals surface area contributed by atoms with E-state index in [2.05, 4.69) is 6.07 Å². The van der Waals surface area contributed by atoms with Gasteiger partial charge in [-0.2, -0.15) is 5.26 Å². The Morgan fingerprint density at radius 1 is 1.14 bits per heavy atom. The van der Waals surface area contributed by atoms with Gasteiger partial charge in [0.05, 0.1) is 30.9 Å². The smallest absolute Gasteiger partial charge is 0.179 e. The monoisotopic (exact) mass is 313 g/mol. The number of hydrogen-bond acceptors (Lipinski definition) is 3. The zero-order valence-corrected chi connectivity index (χ0v) is 13.4. The molecule has 0 unspecified atom stereocenters. The van der Waals surface area contributed by atoms with Gasteiger partial charge in [-0.25, -0.2) is 0 Å². The van der Waals surface area contributed by atoms with Gasteiger partial charge in [-0.1, -0.05) is 41.4 Å². The van der Waals surface area contributed by atoms with Gasteiger partial charge >= 0.3 is 0 Å². The molecule has 0 radical (unpaired) electrons. The molecule has 3 nitrogen and oxygen atoms in total. The molecule has 0 heterocycles. The number of ether oxygens (including phenoxy) is 2. The maximum Gasteiger partial charge on any atom is 0.179 e. The van der Waals surface area contributed by atoms with Crippen molar-refractivity contribution in [1.29, 1.82) is 5.26 Å². The Bertz CT molecular complexity index is 743. The van der Waals surface area contributed by atoms with Crippen LogP contribution >= 0.6 is 11.6 Å². The van der Waals surface area contributed by atoms with Crippen molar-refractivity contribution in [2.24, 2.45) is 0 Å². The molecule has 0 fully saturated rings. The highest BCUT2D eigenvalue weighted by Gasteiger charge is 2.11. The Morgan fingerprint density at radius 2 is 1.82 bits per heavy atom. The molecule has 22 heavy (non-hydrogen) atoms. The standard InChI is InChI=1S/C18H16ClNO2/c1-12-4-6-14(7-5-12)15(11-20)8-13-9-16(19)18(22-3)17(10-13)21-2/h4-10H,1-3H3/b15-8-. The summed E-state index contributed by atoms with van der Waals surface area (Å²) in [5, 5.41) is 9.84. The van der Waals surface area contributed by atoms with E-state index in [0.717, 1.165) is 16.7 Å². The zero-order chi connectivity index (χ0) is 16.1. The Hall–Kier alpha value is -2.44. The van der Waals surface area contributed by atoms with Crippen molar-refractivity contribution in [2.75, 3.05) is 14.2 Å². The van der Waals surface area contributed by atoms with Crippen LogP contribution in [0.2, 0.25) is 5.02 Å². The van der Waals surface area contributed by atoms with Crippen molar-refractivity contribution in [1.82, 2.24) is 0 Å². The number of nitrogens with zero attached hydrogens (tertiary/aromatic N) is 1. The maximum absolute atomic E-state index is 9.40. The molecule has 0 N–H and O–H groups in total. The SMILES string of the molecule is COc1cc(/C=C(/C#N)c2ccc(C)cc2)cc(Cl)c1OC. The van der Waals surface area contributed by atoms with Gasteiger partial charge in [-0.15, -0.1) is 0 Å². The van der Waals surface area contributed by atoms with Gasteiger partial charge in [0.25, 0.3) is 0 Å². The summed E-state index contributed by atoms with van der Waals surface area (Å²) in [6.07, 6.45) is 1.78. The van der Waals surface area contributed by atoms with E-state index in [0.29, 0.717) is 22.1 Å². The van der Waals surface area contributed by atoms with Crippen LogP contribution in [-0.4, -0.2) is 14.2 Å². The van der Waals surface area contributed by atoms with E-state index in [1.807, 2.05) is 31.2 Å². The number of allylic oxidation sites excluding steroid dienone is 1. The first-order valence-electron chi connectivity index (χ1n) is 6.69. The van der Waals surface area contributed by atoms with Crippen LogP contribution in [0.25, 0.3) is 11.6 Å². The van der Waals surface area contributed by atoms with Crippen molar-refractivity contribution in [3.8, 4) is 17.6 Å². The van der Waals surface area contributed by atoms with Gasteiger partial charge in [-0.3, -0.25) is 0 Å². The lowest BCUT2D eigenvalue weighted by Gasteiger charge is -2.10. The second-order valence-electron chi connectivity index (χ2n) is 4.77. The van der Waals surface area contributed by atoms with Gasteiger partial charge in [0.1, 0.15) is 0 Å². The minimum Gasteiger partial charge on any atom is -0.493 e. The topological polar surface area (TPSA) is 42.2 Å². The average molecular weight is 314 g/mol. The van der Waals surface area contributed by atoms with Crippen molar-refractivity contribution < 1.29 is 9.47 Å². The molecule has 0 saturated carbocycles. The quantitative estimate of drug-likeness (QED) is 0.605. The maximum atomic E-state index is 9.40. The minimum absolute atomic E-state index is 0.439. The largest absolute Gasteiger partial charge is 0.493 e. The van der Waals surface area contributed by atoms with Crippen LogP contribution in [0.1, 0.15) is 16.7 Å². The fraction of sp³-hybridized carbons (Fsp3) is 0.167. The molecule has 0 atom stereocenters. The summed E-state index contributed by atoms with van der Waals surface area (Å²) in [7, 11) is 3.08. The molecular weight excluding hydrogens is 298 g/mol. The third kappa shape index (κ3) is 3.41. The average Bonchev–Trinajstić information content (AvgIpc) is 2.53.